The third kappa shape index (κ3) is 4.16. The average Bonchev–Trinajstić information content (AvgIpc) is 2.80. The predicted molar refractivity (Wildman–Crippen MR) is 114 cm³/mol. The number of aryl methyl sites for hydroxylation is 1. The number of ether oxygens (including phenoxy) is 1. The number of carboxylic acids is 1. The standard InChI is InChI=1S/C23H22O10/c24-12-9-14(10-4-2-1-3-5-10)32-15-8-11(17(25)19(27)16(12)15)6-7-13-18(26)20(28)21(29)22(33-13)23(30)31/h1-5,8-9,13,18,20-22,25-29H,6-7H2,(H,30,31)/t13?,18-,20+,21-,22-/m0/s1. The summed E-state index contributed by atoms with van der Waals surface area (Å²) < 4.78 is 11.0. The van der Waals surface area contributed by atoms with E-state index in [4.69, 9.17) is 14.3 Å². The highest BCUT2D eigenvalue weighted by Gasteiger charge is 2.46. The third-order valence-electron chi connectivity index (χ3n) is 5.76. The highest BCUT2D eigenvalue weighted by Crippen LogP contribution is 2.38. The van der Waals surface area contributed by atoms with Crippen molar-refractivity contribution in [1.82, 2.24) is 0 Å². The number of hydrogen-bond acceptors (Lipinski definition) is 9. The van der Waals surface area contributed by atoms with E-state index in [9.17, 15) is 35.1 Å². The second kappa shape index (κ2) is 8.83. The molecule has 33 heavy (non-hydrogen) atoms. The minimum absolute atomic E-state index is 0.0237. The molecule has 3 aromatic rings. The Hall–Kier alpha value is -3.44. The van der Waals surface area contributed by atoms with Crippen LogP contribution in [0.1, 0.15) is 12.0 Å². The Morgan fingerprint density at radius 1 is 0.939 bits per heavy atom. The van der Waals surface area contributed by atoms with Gasteiger partial charge in [0, 0.05) is 17.2 Å². The lowest BCUT2D eigenvalue weighted by atomic mass is 9.91. The van der Waals surface area contributed by atoms with E-state index in [-0.39, 0.29) is 35.1 Å². The molecule has 0 radical (unpaired) electrons. The summed E-state index contributed by atoms with van der Waals surface area (Å²) in [4.78, 5) is 23.9. The van der Waals surface area contributed by atoms with Crippen molar-refractivity contribution in [3.8, 4) is 22.8 Å². The summed E-state index contributed by atoms with van der Waals surface area (Å²) in [5.41, 5.74) is 0.255. The van der Waals surface area contributed by atoms with Crippen LogP contribution in [0.4, 0.5) is 0 Å². The molecule has 2 aromatic carbocycles. The number of phenols is 2. The van der Waals surface area contributed by atoms with E-state index in [1.165, 1.54) is 12.1 Å². The van der Waals surface area contributed by atoms with Gasteiger partial charge < -0.3 is 39.8 Å². The summed E-state index contributed by atoms with van der Waals surface area (Å²) in [5.74, 6) is -2.47. The number of hydrogen-bond donors (Lipinski definition) is 6. The number of carbonyl (C=O) groups is 1. The molecule has 6 N–H and O–H groups in total. The Morgan fingerprint density at radius 2 is 1.64 bits per heavy atom. The van der Waals surface area contributed by atoms with Gasteiger partial charge in [0.2, 0.25) is 0 Å². The molecule has 1 aliphatic rings. The summed E-state index contributed by atoms with van der Waals surface area (Å²) in [6.07, 6.45) is -8.15. The van der Waals surface area contributed by atoms with Crippen LogP contribution in [0.25, 0.3) is 22.3 Å². The Morgan fingerprint density at radius 3 is 2.30 bits per heavy atom. The molecule has 5 atom stereocenters. The molecule has 174 valence electrons. The summed E-state index contributed by atoms with van der Waals surface area (Å²) >= 11 is 0. The first-order chi connectivity index (χ1) is 15.7. The minimum atomic E-state index is -1.81. The van der Waals surface area contributed by atoms with Crippen molar-refractivity contribution in [2.45, 2.75) is 43.4 Å². The maximum atomic E-state index is 12.6. The number of benzene rings is 2. The Labute approximate surface area is 186 Å². The summed E-state index contributed by atoms with van der Waals surface area (Å²) in [6, 6.07) is 11.4. The maximum absolute atomic E-state index is 12.6. The molecule has 10 heteroatoms. The van der Waals surface area contributed by atoms with Crippen LogP contribution in [0.5, 0.6) is 11.5 Å². The lowest BCUT2D eigenvalue weighted by molar-refractivity contribution is -0.228. The molecule has 1 aromatic heterocycles. The van der Waals surface area contributed by atoms with Crippen LogP contribution in [0, 0.1) is 0 Å². The molecule has 0 saturated carbocycles. The largest absolute Gasteiger partial charge is 0.504 e. The van der Waals surface area contributed by atoms with Gasteiger partial charge in [0.15, 0.2) is 23.0 Å². The van der Waals surface area contributed by atoms with Gasteiger partial charge in [-0.25, -0.2) is 4.79 Å². The fourth-order valence-corrected chi connectivity index (χ4v) is 3.97. The minimum Gasteiger partial charge on any atom is -0.504 e. The monoisotopic (exact) mass is 458 g/mol. The normalized spacial score (nSPS) is 25.2. The summed E-state index contributed by atoms with van der Waals surface area (Å²) in [7, 11) is 0. The molecular formula is C23H22O10. The van der Waals surface area contributed by atoms with Crippen LogP contribution >= 0.6 is 0 Å². The van der Waals surface area contributed by atoms with E-state index in [0.29, 0.717) is 5.56 Å². The lowest BCUT2D eigenvalue weighted by Gasteiger charge is -2.39. The molecule has 1 saturated heterocycles. The molecule has 10 nitrogen and oxygen atoms in total. The van der Waals surface area contributed by atoms with E-state index in [1.54, 1.807) is 30.3 Å². The van der Waals surface area contributed by atoms with E-state index in [1.807, 2.05) is 0 Å². The fraction of sp³-hybridized carbons (Fsp3) is 0.304. The van der Waals surface area contributed by atoms with Gasteiger partial charge >= 0.3 is 5.97 Å². The van der Waals surface area contributed by atoms with Gasteiger partial charge in [-0.15, -0.1) is 0 Å². The first-order valence-corrected chi connectivity index (χ1v) is 10.2. The molecule has 1 aliphatic heterocycles. The Bertz CT molecular complexity index is 1240. The van der Waals surface area contributed by atoms with E-state index >= 15 is 0 Å². The fourth-order valence-electron chi connectivity index (χ4n) is 3.97. The number of rotatable bonds is 5. The molecule has 2 heterocycles. The maximum Gasteiger partial charge on any atom is 0.335 e. The number of fused-ring (bicyclic) bond motifs is 1. The number of aliphatic carboxylic acids is 1. The molecule has 0 bridgehead atoms. The van der Waals surface area contributed by atoms with Crippen LogP contribution in [0.3, 0.4) is 0 Å². The highest BCUT2D eigenvalue weighted by molar-refractivity contribution is 5.88. The van der Waals surface area contributed by atoms with Crippen molar-refractivity contribution in [3.63, 3.8) is 0 Å². The number of aromatic hydroxyl groups is 2. The molecule has 0 amide bonds. The first kappa shape index (κ1) is 22.7. The van der Waals surface area contributed by atoms with Crippen LogP contribution in [-0.4, -0.2) is 67.1 Å². The zero-order chi connectivity index (χ0) is 23.9. The number of aliphatic hydroxyl groups is 3. The molecule has 1 fully saturated rings. The van der Waals surface area contributed by atoms with Crippen LogP contribution in [-0.2, 0) is 16.0 Å². The van der Waals surface area contributed by atoms with Crippen LogP contribution in [0.2, 0.25) is 0 Å². The molecule has 4 rings (SSSR count). The first-order valence-electron chi connectivity index (χ1n) is 10.2. The topological polar surface area (TPSA) is 178 Å². The zero-order valence-electron chi connectivity index (χ0n) is 17.2. The van der Waals surface area contributed by atoms with Gasteiger partial charge in [-0.1, -0.05) is 30.3 Å². The quantitative estimate of drug-likeness (QED) is 0.299. The summed E-state index contributed by atoms with van der Waals surface area (Å²) in [6.45, 7) is 0. The molecule has 1 unspecified atom stereocenters. The van der Waals surface area contributed by atoms with Crippen molar-refractivity contribution >= 4 is 16.9 Å². The summed E-state index contributed by atoms with van der Waals surface area (Å²) in [5, 5.41) is 59.7. The number of carboxylic acid groups (broad SMARTS) is 1. The van der Waals surface area contributed by atoms with E-state index < -0.39 is 53.4 Å². The predicted octanol–water partition coefficient (Wildman–Crippen LogP) is 0.738. The second-order valence-corrected chi connectivity index (χ2v) is 7.89. The van der Waals surface area contributed by atoms with Gasteiger partial charge in [-0.05, 0) is 18.9 Å². The second-order valence-electron chi connectivity index (χ2n) is 7.89. The molecular weight excluding hydrogens is 436 g/mol. The number of aliphatic hydroxyl groups excluding tert-OH is 3. The highest BCUT2D eigenvalue weighted by atomic mass is 16.6. The molecule has 0 spiro atoms. The van der Waals surface area contributed by atoms with Crippen molar-refractivity contribution in [1.29, 1.82) is 0 Å². The van der Waals surface area contributed by atoms with Crippen LogP contribution in [0.15, 0.2) is 51.7 Å². The Balaban J connectivity index is 1.66. The lowest BCUT2D eigenvalue weighted by Crippen LogP contribution is -2.59. The SMILES string of the molecule is O=C(O)[C@H]1OC(CCc2cc3oc(-c4ccccc4)cc(=O)c3c(O)c2O)[C@H](O)[C@@H](O)[C@@H]1O. The van der Waals surface area contributed by atoms with E-state index in [0.717, 1.165) is 0 Å². The van der Waals surface area contributed by atoms with Gasteiger partial charge in [0.1, 0.15) is 35.0 Å². The van der Waals surface area contributed by atoms with E-state index in [2.05, 4.69) is 0 Å². The molecule has 0 aliphatic carbocycles. The number of phenolic OH excluding ortho intramolecular Hbond substituents is 2. The van der Waals surface area contributed by atoms with Crippen molar-refractivity contribution < 1.29 is 44.6 Å². The van der Waals surface area contributed by atoms with Gasteiger partial charge in [0.25, 0.3) is 0 Å². The Kier molecular flexibility index (Phi) is 6.09. The van der Waals surface area contributed by atoms with Crippen molar-refractivity contribution in [3.05, 3.63) is 58.3 Å². The van der Waals surface area contributed by atoms with Crippen molar-refractivity contribution in [2.75, 3.05) is 0 Å². The average molecular weight is 458 g/mol. The van der Waals surface area contributed by atoms with Gasteiger partial charge in [-0.3, -0.25) is 4.79 Å². The smallest absolute Gasteiger partial charge is 0.335 e. The van der Waals surface area contributed by atoms with Gasteiger partial charge in [0.05, 0.1) is 6.10 Å². The van der Waals surface area contributed by atoms with Crippen molar-refractivity contribution in [2.24, 2.45) is 0 Å². The zero-order valence-corrected chi connectivity index (χ0v) is 17.2. The third-order valence-corrected chi connectivity index (χ3v) is 5.76. The van der Waals surface area contributed by atoms with Crippen LogP contribution < -0.4 is 5.43 Å². The van der Waals surface area contributed by atoms with Gasteiger partial charge in [-0.2, -0.15) is 0 Å².